The van der Waals surface area contributed by atoms with Crippen LogP contribution in [0.25, 0.3) is 11.1 Å². The zero-order valence-corrected chi connectivity index (χ0v) is 16.3. The number of esters is 1. The quantitative estimate of drug-likeness (QED) is 0.568. The van der Waals surface area contributed by atoms with Gasteiger partial charge in [0.25, 0.3) is 5.91 Å². The number of amides is 2. The van der Waals surface area contributed by atoms with Crippen molar-refractivity contribution in [1.82, 2.24) is 10.6 Å². The molecule has 0 spiro atoms. The molecule has 2 N–H and O–H groups in total. The summed E-state index contributed by atoms with van der Waals surface area (Å²) in [5.74, 6) is -1.38. The Hall–Kier alpha value is -3.93. The highest BCUT2D eigenvalue weighted by Crippen LogP contribution is 2.19. The number of carbonyl (C=O) groups excluding carboxylic acids is 3. The highest BCUT2D eigenvalue weighted by atomic mass is 16.5. The Kier molecular flexibility index (Phi) is 7.33. The third-order valence-electron chi connectivity index (χ3n) is 4.34. The summed E-state index contributed by atoms with van der Waals surface area (Å²) in [4.78, 5) is 35.8. The van der Waals surface area contributed by atoms with Crippen molar-refractivity contribution in [1.29, 1.82) is 0 Å². The van der Waals surface area contributed by atoms with Gasteiger partial charge in [0.1, 0.15) is 13.2 Å². The van der Waals surface area contributed by atoms with Gasteiger partial charge in [-0.3, -0.25) is 14.4 Å². The first-order valence-corrected chi connectivity index (χ1v) is 9.52. The summed E-state index contributed by atoms with van der Waals surface area (Å²) in [7, 11) is 0. The van der Waals surface area contributed by atoms with Crippen molar-refractivity contribution in [3.05, 3.63) is 96.1 Å². The third-order valence-corrected chi connectivity index (χ3v) is 4.34. The van der Waals surface area contributed by atoms with Crippen LogP contribution in [0.15, 0.2) is 84.9 Å². The Bertz CT molecular complexity index is 987. The van der Waals surface area contributed by atoms with Gasteiger partial charge in [-0.1, -0.05) is 72.8 Å². The molecule has 152 valence electrons. The van der Waals surface area contributed by atoms with Gasteiger partial charge in [-0.25, -0.2) is 0 Å². The topological polar surface area (TPSA) is 84.5 Å². The highest BCUT2D eigenvalue weighted by molar-refractivity contribution is 5.97. The first-order valence-electron chi connectivity index (χ1n) is 9.52. The molecule has 0 aliphatic carbocycles. The molecular weight excluding hydrogens is 380 g/mol. The summed E-state index contributed by atoms with van der Waals surface area (Å²) in [6, 6.07) is 26.2. The number of nitrogens with one attached hydrogen (secondary N) is 2. The van der Waals surface area contributed by atoms with Crippen molar-refractivity contribution in [3.8, 4) is 11.1 Å². The molecule has 0 heterocycles. The lowest BCUT2D eigenvalue weighted by Gasteiger charge is -2.08. The average Bonchev–Trinajstić information content (AvgIpc) is 2.81. The lowest BCUT2D eigenvalue weighted by atomic mass is 10.0. The Labute approximate surface area is 174 Å². The van der Waals surface area contributed by atoms with Crippen LogP contribution in [0.1, 0.15) is 15.9 Å². The maximum Gasteiger partial charge on any atom is 0.325 e. The van der Waals surface area contributed by atoms with Crippen molar-refractivity contribution in [3.63, 3.8) is 0 Å². The number of hydrogen-bond donors (Lipinski definition) is 2. The van der Waals surface area contributed by atoms with Crippen LogP contribution < -0.4 is 10.6 Å². The molecule has 0 fully saturated rings. The molecule has 0 aromatic heterocycles. The van der Waals surface area contributed by atoms with Gasteiger partial charge in [-0.05, 0) is 28.8 Å². The minimum atomic E-state index is -0.546. The molecule has 0 unspecified atom stereocenters. The average molecular weight is 402 g/mol. The van der Waals surface area contributed by atoms with E-state index in [0.717, 1.165) is 16.7 Å². The molecular formula is C24H22N2O4. The molecule has 3 rings (SSSR count). The number of benzene rings is 3. The lowest BCUT2D eigenvalue weighted by Crippen LogP contribution is -2.39. The van der Waals surface area contributed by atoms with Crippen molar-refractivity contribution in [2.24, 2.45) is 0 Å². The van der Waals surface area contributed by atoms with Crippen LogP contribution in [-0.4, -0.2) is 30.9 Å². The van der Waals surface area contributed by atoms with Gasteiger partial charge in [0, 0.05) is 5.56 Å². The predicted molar refractivity (Wildman–Crippen MR) is 113 cm³/mol. The van der Waals surface area contributed by atoms with Crippen LogP contribution in [0, 0.1) is 0 Å². The molecule has 3 aromatic carbocycles. The van der Waals surface area contributed by atoms with Gasteiger partial charge in [-0.15, -0.1) is 0 Å². The Morgan fingerprint density at radius 2 is 1.27 bits per heavy atom. The summed E-state index contributed by atoms with van der Waals surface area (Å²) in [5, 5.41) is 4.96. The summed E-state index contributed by atoms with van der Waals surface area (Å²) in [5.41, 5.74) is 3.37. The number of carbonyl (C=O) groups is 3. The van der Waals surface area contributed by atoms with Gasteiger partial charge < -0.3 is 15.4 Å². The second-order valence-corrected chi connectivity index (χ2v) is 6.55. The molecule has 6 nitrogen and oxygen atoms in total. The van der Waals surface area contributed by atoms with Crippen LogP contribution in [0.3, 0.4) is 0 Å². The lowest BCUT2D eigenvalue weighted by molar-refractivity contribution is -0.145. The van der Waals surface area contributed by atoms with Crippen LogP contribution in [0.2, 0.25) is 0 Å². The van der Waals surface area contributed by atoms with E-state index in [-0.39, 0.29) is 25.6 Å². The molecule has 0 aliphatic rings. The normalized spacial score (nSPS) is 10.1. The second-order valence-electron chi connectivity index (χ2n) is 6.55. The Morgan fingerprint density at radius 3 is 1.93 bits per heavy atom. The van der Waals surface area contributed by atoms with Crippen LogP contribution in [0.4, 0.5) is 0 Å². The minimum absolute atomic E-state index is 0.144. The maximum atomic E-state index is 12.2. The Morgan fingerprint density at radius 1 is 0.667 bits per heavy atom. The summed E-state index contributed by atoms with van der Waals surface area (Å²) in [6.45, 7) is -0.343. The SMILES string of the molecule is O=C(CNC(=O)c1ccc(-c2ccccc2)cc1)NCC(=O)OCc1ccccc1. The smallest absolute Gasteiger partial charge is 0.325 e. The fourth-order valence-corrected chi connectivity index (χ4v) is 2.73. The van der Waals surface area contributed by atoms with Gasteiger partial charge in [0.2, 0.25) is 5.91 Å². The number of hydrogen-bond acceptors (Lipinski definition) is 4. The van der Waals surface area contributed by atoms with E-state index in [4.69, 9.17) is 4.74 Å². The van der Waals surface area contributed by atoms with Crippen molar-refractivity contribution in [2.75, 3.05) is 13.1 Å². The second kappa shape index (κ2) is 10.6. The molecule has 0 saturated carbocycles. The summed E-state index contributed by atoms with van der Waals surface area (Å²) >= 11 is 0. The van der Waals surface area contributed by atoms with E-state index in [1.807, 2.05) is 72.8 Å². The molecule has 0 aliphatic heterocycles. The fourth-order valence-electron chi connectivity index (χ4n) is 2.73. The van der Waals surface area contributed by atoms with E-state index in [2.05, 4.69) is 10.6 Å². The largest absolute Gasteiger partial charge is 0.460 e. The zero-order valence-electron chi connectivity index (χ0n) is 16.3. The predicted octanol–water partition coefficient (Wildman–Crippen LogP) is 2.94. The number of ether oxygens (including phenoxy) is 1. The molecule has 6 heteroatoms. The molecule has 0 saturated heterocycles. The van der Waals surface area contributed by atoms with E-state index in [1.54, 1.807) is 12.1 Å². The van der Waals surface area contributed by atoms with Gasteiger partial charge >= 0.3 is 5.97 Å². The van der Waals surface area contributed by atoms with Crippen LogP contribution in [0.5, 0.6) is 0 Å². The monoisotopic (exact) mass is 402 g/mol. The van der Waals surface area contributed by atoms with E-state index < -0.39 is 11.9 Å². The van der Waals surface area contributed by atoms with Crippen LogP contribution >= 0.6 is 0 Å². The molecule has 3 aromatic rings. The van der Waals surface area contributed by atoms with E-state index in [0.29, 0.717) is 5.56 Å². The third kappa shape index (κ3) is 6.31. The highest BCUT2D eigenvalue weighted by Gasteiger charge is 2.10. The van der Waals surface area contributed by atoms with E-state index >= 15 is 0 Å². The first-order chi connectivity index (χ1) is 14.6. The Balaban J connectivity index is 1.39. The zero-order chi connectivity index (χ0) is 21.2. The van der Waals surface area contributed by atoms with E-state index in [1.165, 1.54) is 0 Å². The van der Waals surface area contributed by atoms with Crippen molar-refractivity contribution >= 4 is 17.8 Å². The van der Waals surface area contributed by atoms with Gasteiger partial charge in [0.15, 0.2) is 0 Å². The van der Waals surface area contributed by atoms with Crippen molar-refractivity contribution in [2.45, 2.75) is 6.61 Å². The summed E-state index contributed by atoms with van der Waals surface area (Å²) in [6.07, 6.45) is 0. The molecule has 30 heavy (non-hydrogen) atoms. The van der Waals surface area contributed by atoms with Crippen molar-refractivity contribution < 1.29 is 19.1 Å². The summed E-state index contributed by atoms with van der Waals surface area (Å²) < 4.78 is 5.08. The first kappa shape index (κ1) is 20.8. The van der Waals surface area contributed by atoms with E-state index in [9.17, 15) is 14.4 Å². The minimum Gasteiger partial charge on any atom is -0.460 e. The molecule has 0 radical (unpaired) electrons. The maximum absolute atomic E-state index is 12.2. The molecule has 0 bridgehead atoms. The van der Waals surface area contributed by atoms with Gasteiger partial charge in [-0.2, -0.15) is 0 Å². The molecule has 2 amide bonds. The molecule has 0 atom stereocenters. The van der Waals surface area contributed by atoms with Gasteiger partial charge in [0.05, 0.1) is 6.54 Å². The number of rotatable bonds is 8. The fraction of sp³-hybridized carbons (Fsp3) is 0.125. The standard InChI is InChI=1S/C24H22N2O4/c27-22(25-16-23(28)30-17-18-7-3-1-4-8-18)15-26-24(29)21-13-11-20(12-14-21)19-9-5-2-6-10-19/h1-14H,15-17H2,(H,25,27)(H,26,29). The van der Waals surface area contributed by atoms with Crippen LogP contribution in [-0.2, 0) is 20.9 Å².